The number of aromatic nitrogens is 2. The molecule has 1 amide bonds. The molecule has 2 rings (SSSR count). The Morgan fingerprint density at radius 2 is 1.96 bits per heavy atom. The van der Waals surface area contributed by atoms with Gasteiger partial charge in [-0.3, -0.25) is 9.48 Å². The van der Waals surface area contributed by atoms with Crippen molar-refractivity contribution in [2.24, 2.45) is 5.73 Å². The molecule has 1 heterocycles. The third-order valence-electron chi connectivity index (χ3n) is 3.92. The molecule has 7 nitrogen and oxygen atoms in total. The van der Waals surface area contributed by atoms with Crippen molar-refractivity contribution in [3.8, 4) is 0 Å². The van der Waals surface area contributed by atoms with Gasteiger partial charge in [0.1, 0.15) is 6.04 Å². The van der Waals surface area contributed by atoms with E-state index in [2.05, 4.69) is 10.4 Å². The molecule has 0 aliphatic carbocycles. The van der Waals surface area contributed by atoms with E-state index in [0.29, 0.717) is 12.3 Å². The molecule has 0 aliphatic heterocycles. The van der Waals surface area contributed by atoms with E-state index in [0.717, 1.165) is 11.1 Å². The number of nitrogens with two attached hydrogens (primary N) is 1. The summed E-state index contributed by atoms with van der Waals surface area (Å²) >= 11 is 0. The second kappa shape index (κ2) is 7.48. The largest absolute Gasteiger partial charge is 0.464 e. The van der Waals surface area contributed by atoms with E-state index in [1.54, 1.807) is 27.0 Å². The van der Waals surface area contributed by atoms with Gasteiger partial charge in [0.25, 0.3) is 0 Å². The number of hydrogen-bond acceptors (Lipinski definition) is 5. The van der Waals surface area contributed by atoms with E-state index in [9.17, 15) is 9.59 Å². The number of carbonyl (C=O) groups excluding carboxylic acids is 2. The molecule has 1 aromatic carbocycles. The van der Waals surface area contributed by atoms with Crippen molar-refractivity contribution in [2.75, 3.05) is 11.9 Å². The van der Waals surface area contributed by atoms with Gasteiger partial charge in [-0.1, -0.05) is 29.8 Å². The summed E-state index contributed by atoms with van der Waals surface area (Å²) in [6.07, 6.45) is 3.05. The lowest BCUT2D eigenvalue weighted by atomic mass is 10.1. The number of amides is 1. The first-order chi connectivity index (χ1) is 11.8. The van der Waals surface area contributed by atoms with Crippen molar-refractivity contribution < 1.29 is 14.3 Å². The Labute approximate surface area is 147 Å². The lowest BCUT2D eigenvalue weighted by molar-refractivity contribution is -0.152. The molecule has 2 aromatic rings. The Balaban J connectivity index is 2.08. The van der Waals surface area contributed by atoms with Crippen LogP contribution in [0.25, 0.3) is 0 Å². The molecule has 0 aliphatic rings. The molecular formula is C18H24N4O3. The van der Waals surface area contributed by atoms with Crippen LogP contribution in [0.1, 0.15) is 37.9 Å². The van der Waals surface area contributed by atoms with E-state index in [-0.39, 0.29) is 5.91 Å². The highest BCUT2D eigenvalue weighted by atomic mass is 16.5. The Morgan fingerprint density at radius 1 is 1.32 bits per heavy atom. The number of hydrogen-bond donors (Lipinski definition) is 2. The number of nitrogens with zero attached hydrogens (tertiary/aromatic N) is 2. The summed E-state index contributed by atoms with van der Waals surface area (Å²) in [5, 5.41) is 6.87. The molecule has 1 unspecified atom stereocenters. The van der Waals surface area contributed by atoms with Gasteiger partial charge in [-0.05, 0) is 33.3 Å². The third kappa shape index (κ3) is 4.24. The Hall–Kier alpha value is -2.67. The van der Waals surface area contributed by atoms with Crippen molar-refractivity contribution in [3.63, 3.8) is 0 Å². The molecule has 7 heteroatoms. The normalized spacial score (nSPS) is 12.5. The number of anilines is 1. The fraction of sp³-hybridized carbons (Fsp3) is 0.389. The highest BCUT2D eigenvalue weighted by Gasteiger charge is 2.32. The van der Waals surface area contributed by atoms with Crippen LogP contribution in [-0.2, 0) is 19.9 Å². The Kier molecular flexibility index (Phi) is 5.58. The summed E-state index contributed by atoms with van der Waals surface area (Å²) < 4.78 is 6.51. The highest BCUT2D eigenvalue weighted by Crippen LogP contribution is 2.20. The van der Waals surface area contributed by atoms with E-state index >= 15 is 0 Å². The van der Waals surface area contributed by atoms with Crippen LogP contribution in [0.15, 0.2) is 36.7 Å². The summed E-state index contributed by atoms with van der Waals surface area (Å²) in [5.74, 6) is -0.746. The van der Waals surface area contributed by atoms with Gasteiger partial charge in [0.2, 0.25) is 5.91 Å². The summed E-state index contributed by atoms with van der Waals surface area (Å²) in [6.45, 7) is 7.39. The minimum Gasteiger partial charge on any atom is -0.464 e. The number of nitrogens with one attached hydrogen (secondary N) is 1. The van der Waals surface area contributed by atoms with Gasteiger partial charge < -0.3 is 15.8 Å². The van der Waals surface area contributed by atoms with Crippen molar-refractivity contribution in [1.82, 2.24) is 9.78 Å². The molecule has 0 saturated carbocycles. The van der Waals surface area contributed by atoms with E-state index in [4.69, 9.17) is 10.5 Å². The van der Waals surface area contributed by atoms with Crippen molar-refractivity contribution >= 4 is 17.6 Å². The average Bonchev–Trinajstić information content (AvgIpc) is 3.04. The molecule has 0 fully saturated rings. The second-order valence-corrected chi connectivity index (χ2v) is 6.33. The maximum Gasteiger partial charge on any atom is 0.333 e. The maximum absolute atomic E-state index is 12.3. The molecule has 3 N–H and O–H groups in total. The minimum absolute atomic E-state index is 0.290. The molecule has 1 aromatic heterocycles. The minimum atomic E-state index is -0.974. The van der Waals surface area contributed by atoms with Crippen LogP contribution < -0.4 is 11.1 Å². The number of esters is 1. The smallest absolute Gasteiger partial charge is 0.333 e. The van der Waals surface area contributed by atoms with Crippen LogP contribution in [0.5, 0.6) is 0 Å². The van der Waals surface area contributed by atoms with E-state index in [1.165, 1.54) is 10.9 Å². The fourth-order valence-electron chi connectivity index (χ4n) is 2.24. The van der Waals surface area contributed by atoms with Crippen LogP contribution in [0.4, 0.5) is 5.69 Å². The summed E-state index contributed by atoms with van der Waals surface area (Å²) in [7, 11) is 0. The topological polar surface area (TPSA) is 99.2 Å². The summed E-state index contributed by atoms with van der Waals surface area (Å²) in [5.41, 5.74) is 7.31. The van der Waals surface area contributed by atoms with Crippen LogP contribution in [0, 0.1) is 6.92 Å². The van der Waals surface area contributed by atoms with E-state index in [1.807, 2.05) is 31.2 Å². The zero-order valence-corrected chi connectivity index (χ0v) is 14.9. The Morgan fingerprint density at radius 3 is 2.56 bits per heavy atom. The number of carbonyl (C=O) groups is 2. The zero-order valence-electron chi connectivity index (χ0n) is 14.9. The van der Waals surface area contributed by atoms with Gasteiger partial charge in [-0.25, -0.2) is 4.79 Å². The van der Waals surface area contributed by atoms with Crippen molar-refractivity contribution in [2.45, 2.75) is 39.3 Å². The first kappa shape index (κ1) is 18.7. The molecule has 25 heavy (non-hydrogen) atoms. The third-order valence-corrected chi connectivity index (χ3v) is 3.92. The van der Waals surface area contributed by atoms with Gasteiger partial charge in [-0.15, -0.1) is 0 Å². The molecule has 0 spiro atoms. The SMILES string of the molecule is CCOC(=O)C(C)(C)n1cc(NC(=O)C(N)c2ccc(C)cc2)cn1. The molecule has 0 saturated heterocycles. The monoisotopic (exact) mass is 344 g/mol. The molecule has 1 atom stereocenters. The van der Waals surface area contributed by atoms with Crippen LogP contribution >= 0.6 is 0 Å². The van der Waals surface area contributed by atoms with Crippen molar-refractivity contribution in [1.29, 1.82) is 0 Å². The number of rotatable bonds is 6. The van der Waals surface area contributed by atoms with Crippen LogP contribution in [0.3, 0.4) is 0 Å². The first-order valence-corrected chi connectivity index (χ1v) is 8.11. The first-order valence-electron chi connectivity index (χ1n) is 8.11. The highest BCUT2D eigenvalue weighted by molar-refractivity contribution is 5.95. The van der Waals surface area contributed by atoms with Gasteiger partial charge in [0.05, 0.1) is 18.5 Å². The number of benzene rings is 1. The number of ether oxygens (including phenoxy) is 1. The molecule has 0 radical (unpaired) electrons. The number of aryl methyl sites for hydroxylation is 1. The molecule has 0 bridgehead atoms. The standard InChI is InChI=1S/C18H24N4O3/c1-5-25-17(24)18(3,4)22-11-14(10-20-22)21-16(23)15(19)13-8-6-12(2)7-9-13/h6-11,15H,5,19H2,1-4H3,(H,21,23). The predicted molar refractivity (Wildman–Crippen MR) is 94.9 cm³/mol. The summed E-state index contributed by atoms with van der Waals surface area (Å²) in [4.78, 5) is 24.4. The quantitative estimate of drug-likeness (QED) is 0.782. The predicted octanol–water partition coefficient (Wildman–Crippen LogP) is 2.13. The lowest BCUT2D eigenvalue weighted by Crippen LogP contribution is -2.37. The van der Waals surface area contributed by atoms with Gasteiger partial charge in [0.15, 0.2) is 5.54 Å². The lowest BCUT2D eigenvalue weighted by Gasteiger charge is -2.22. The van der Waals surface area contributed by atoms with Crippen molar-refractivity contribution in [3.05, 3.63) is 47.8 Å². The Bertz CT molecular complexity index is 750. The molecule has 134 valence electrons. The van der Waals surface area contributed by atoms with Gasteiger partial charge in [0, 0.05) is 6.20 Å². The maximum atomic E-state index is 12.3. The van der Waals surface area contributed by atoms with Gasteiger partial charge in [-0.2, -0.15) is 5.10 Å². The van der Waals surface area contributed by atoms with Crippen LogP contribution in [0.2, 0.25) is 0 Å². The summed E-state index contributed by atoms with van der Waals surface area (Å²) in [6, 6.07) is 6.67. The molecular weight excluding hydrogens is 320 g/mol. The fourth-order valence-corrected chi connectivity index (χ4v) is 2.24. The van der Waals surface area contributed by atoms with Gasteiger partial charge >= 0.3 is 5.97 Å². The average molecular weight is 344 g/mol. The second-order valence-electron chi connectivity index (χ2n) is 6.33. The zero-order chi connectivity index (χ0) is 18.6. The van der Waals surface area contributed by atoms with Crippen LogP contribution in [-0.4, -0.2) is 28.3 Å². The van der Waals surface area contributed by atoms with E-state index < -0.39 is 17.6 Å².